The molecule has 1 atom stereocenters. The Morgan fingerprint density at radius 3 is 1.62 bits per heavy atom. The Labute approximate surface area is 370 Å². The molecule has 1 N–H and O–H groups in total. The van der Waals surface area contributed by atoms with Gasteiger partial charge in [0, 0.05) is 16.9 Å². The quantitative estimate of drug-likeness (QED) is 0.170. The van der Waals surface area contributed by atoms with Crippen molar-refractivity contribution in [2.24, 2.45) is 0 Å². The highest BCUT2D eigenvalue weighted by atomic mass is 15.3. The minimum absolute atomic E-state index is 0.0769. The van der Waals surface area contributed by atoms with Gasteiger partial charge in [-0.2, -0.15) is 0 Å². The van der Waals surface area contributed by atoms with Gasteiger partial charge in [-0.25, -0.2) is 4.98 Å². The van der Waals surface area contributed by atoms with Crippen LogP contribution in [-0.2, 0) is 0 Å². The van der Waals surface area contributed by atoms with Gasteiger partial charge in [0.15, 0.2) is 0 Å². The standard InChI is InChI=1S/C60H40N4/c1-3-17-41(18-4-1)59-61-53-23-11-13-25-55(53)63(59)47-31-33-49-51(37-47)57(45-29-27-39-15-7-9-21-43(39)35-45)50-34-32-48(38-52(50)58(49)46-30-28-40-16-8-10-22-44(40)36-46)64-56-26-14-12-24-54(56)62-60(64)42-19-5-2-6-20-42/h1-38,59,61H. The van der Waals surface area contributed by atoms with Gasteiger partial charge in [0.25, 0.3) is 0 Å². The second kappa shape index (κ2) is 14.6. The lowest BCUT2D eigenvalue weighted by Gasteiger charge is -2.28. The molecule has 64 heavy (non-hydrogen) atoms. The predicted molar refractivity (Wildman–Crippen MR) is 269 cm³/mol. The molecular weight excluding hydrogens is 777 g/mol. The number of hydrogen-bond acceptors (Lipinski definition) is 3. The van der Waals surface area contributed by atoms with Gasteiger partial charge < -0.3 is 10.2 Å². The summed E-state index contributed by atoms with van der Waals surface area (Å²) in [6.07, 6.45) is -0.0769. The molecule has 13 rings (SSSR count). The van der Waals surface area contributed by atoms with Crippen molar-refractivity contribution in [1.82, 2.24) is 9.55 Å². The van der Waals surface area contributed by atoms with Gasteiger partial charge in [-0.05, 0) is 132 Å². The van der Waals surface area contributed by atoms with E-state index in [4.69, 9.17) is 4.98 Å². The summed E-state index contributed by atoms with van der Waals surface area (Å²) in [5.74, 6) is 0.918. The molecule has 0 fully saturated rings. The Morgan fingerprint density at radius 1 is 0.391 bits per heavy atom. The lowest BCUT2D eigenvalue weighted by molar-refractivity contribution is 0.829. The minimum atomic E-state index is -0.0769. The largest absolute Gasteiger partial charge is 0.359 e. The third kappa shape index (κ3) is 5.80. The van der Waals surface area contributed by atoms with Gasteiger partial charge in [-0.15, -0.1) is 0 Å². The van der Waals surface area contributed by atoms with E-state index >= 15 is 0 Å². The molecule has 0 radical (unpaired) electrons. The summed E-state index contributed by atoms with van der Waals surface area (Å²) in [7, 11) is 0. The fourth-order valence-corrected chi connectivity index (χ4v) is 10.2. The van der Waals surface area contributed by atoms with E-state index in [0.29, 0.717) is 0 Å². The highest BCUT2D eigenvalue weighted by Gasteiger charge is 2.32. The number of imidazole rings is 1. The number of rotatable bonds is 6. The molecule has 0 spiro atoms. The molecule has 1 unspecified atom stereocenters. The average molecular weight is 817 g/mol. The van der Waals surface area contributed by atoms with Crippen molar-refractivity contribution >= 4 is 71.2 Å². The van der Waals surface area contributed by atoms with Gasteiger partial charge in [0.1, 0.15) is 12.0 Å². The normalized spacial score (nSPS) is 13.6. The summed E-state index contributed by atoms with van der Waals surface area (Å²) >= 11 is 0. The number of nitrogens with one attached hydrogen (secondary N) is 1. The van der Waals surface area contributed by atoms with Crippen molar-refractivity contribution in [3.63, 3.8) is 0 Å². The molecule has 0 saturated heterocycles. The molecular formula is C60H40N4. The third-order valence-corrected chi connectivity index (χ3v) is 13.1. The maximum atomic E-state index is 5.24. The molecule has 1 aromatic heterocycles. The van der Waals surface area contributed by atoms with Crippen LogP contribution in [0, 0.1) is 0 Å². The van der Waals surface area contributed by atoms with E-state index < -0.39 is 0 Å². The Morgan fingerprint density at radius 2 is 0.938 bits per heavy atom. The van der Waals surface area contributed by atoms with Gasteiger partial charge >= 0.3 is 0 Å². The zero-order valence-corrected chi connectivity index (χ0v) is 34.9. The zero-order valence-electron chi connectivity index (χ0n) is 34.9. The van der Waals surface area contributed by atoms with Crippen LogP contribution in [0.25, 0.3) is 93.5 Å². The van der Waals surface area contributed by atoms with Crippen molar-refractivity contribution in [2.45, 2.75) is 6.17 Å². The SMILES string of the molecule is c1ccc(-c2nc3ccccc3n2-c2ccc3c(-c4ccc5ccccc5c4)c4cc(N5c6ccccc6NC5c5ccccc5)ccc4c(-c4ccc5ccccc5c4)c3c2)cc1. The summed E-state index contributed by atoms with van der Waals surface area (Å²) < 4.78 is 2.33. The van der Waals surface area contributed by atoms with Gasteiger partial charge in [-0.1, -0.05) is 170 Å². The Hall–Kier alpha value is -8.47. The second-order valence-corrected chi connectivity index (χ2v) is 16.8. The van der Waals surface area contributed by atoms with Crippen molar-refractivity contribution in [3.8, 4) is 39.3 Å². The van der Waals surface area contributed by atoms with Crippen LogP contribution in [0.1, 0.15) is 11.7 Å². The van der Waals surface area contributed by atoms with Crippen LogP contribution in [-0.4, -0.2) is 9.55 Å². The topological polar surface area (TPSA) is 33.1 Å². The predicted octanol–water partition coefficient (Wildman–Crippen LogP) is 15.9. The van der Waals surface area contributed by atoms with Crippen LogP contribution >= 0.6 is 0 Å². The van der Waals surface area contributed by atoms with Gasteiger partial charge in [-0.3, -0.25) is 4.57 Å². The fourth-order valence-electron chi connectivity index (χ4n) is 10.2. The molecule has 1 aliphatic heterocycles. The lowest BCUT2D eigenvalue weighted by Crippen LogP contribution is -2.23. The first kappa shape index (κ1) is 36.2. The summed E-state index contributed by atoms with van der Waals surface area (Å²) in [6, 6.07) is 83.9. The third-order valence-electron chi connectivity index (χ3n) is 13.1. The number of aromatic nitrogens is 2. The Balaban J connectivity index is 1.15. The molecule has 0 amide bonds. The monoisotopic (exact) mass is 816 g/mol. The van der Waals surface area contributed by atoms with Crippen molar-refractivity contribution in [2.75, 3.05) is 10.2 Å². The summed E-state index contributed by atoms with van der Waals surface area (Å²) in [6.45, 7) is 0. The van der Waals surface area contributed by atoms with Crippen molar-refractivity contribution in [1.29, 1.82) is 0 Å². The van der Waals surface area contributed by atoms with E-state index in [1.165, 1.54) is 70.9 Å². The Kier molecular flexibility index (Phi) is 8.25. The number of benzene rings is 11. The molecule has 300 valence electrons. The van der Waals surface area contributed by atoms with Crippen LogP contribution in [0.15, 0.2) is 231 Å². The molecule has 4 heteroatoms. The number of fused-ring (bicyclic) bond motifs is 6. The molecule has 1 aliphatic rings. The first-order valence-electron chi connectivity index (χ1n) is 22.0. The first-order chi connectivity index (χ1) is 31.7. The first-order valence-corrected chi connectivity index (χ1v) is 22.0. The molecule has 11 aromatic carbocycles. The van der Waals surface area contributed by atoms with Crippen LogP contribution in [0.2, 0.25) is 0 Å². The van der Waals surface area contributed by atoms with E-state index in [9.17, 15) is 0 Å². The van der Waals surface area contributed by atoms with Crippen LogP contribution in [0.4, 0.5) is 17.1 Å². The minimum Gasteiger partial charge on any atom is -0.359 e. The highest BCUT2D eigenvalue weighted by Crippen LogP contribution is 2.50. The van der Waals surface area contributed by atoms with Gasteiger partial charge in [0.05, 0.1) is 22.4 Å². The van der Waals surface area contributed by atoms with E-state index in [1.54, 1.807) is 0 Å². The van der Waals surface area contributed by atoms with E-state index in [-0.39, 0.29) is 6.17 Å². The number of hydrogen-bond donors (Lipinski definition) is 1. The van der Waals surface area contributed by atoms with E-state index in [2.05, 4.69) is 245 Å². The average Bonchev–Trinajstić information content (AvgIpc) is 3.95. The number of anilines is 3. The fraction of sp³-hybridized carbons (Fsp3) is 0.0167. The van der Waals surface area contributed by atoms with Crippen molar-refractivity contribution in [3.05, 3.63) is 236 Å². The number of para-hydroxylation sites is 4. The molecule has 0 aliphatic carbocycles. The summed E-state index contributed by atoms with van der Waals surface area (Å²) in [5, 5.41) is 13.5. The van der Waals surface area contributed by atoms with E-state index in [0.717, 1.165) is 45.2 Å². The van der Waals surface area contributed by atoms with Crippen LogP contribution in [0.5, 0.6) is 0 Å². The second-order valence-electron chi connectivity index (χ2n) is 16.8. The summed E-state index contributed by atoms with van der Waals surface area (Å²) in [4.78, 5) is 7.71. The maximum absolute atomic E-state index is 5.24. The number of nitrogens with zero attached hydrogens (tertiary/aromatic N) is 3. The van der Waals surface area contributed by atoms with Crippen molar-refractivity contribution < 1.29 is 0 Å². The molecule has 12 aromatic rings. The van der Waals surface area contributed by atoms with E-state index in [1.807, 2.05) is 0 Å². The zero-order chi connectivity index (χ0) is 42.1. The molecule has 2 heterocycles. The highest BCUT2D eigenvalue weighted by molar-refractivity contribution is 6.23. The maximum Gasteiger partial charge on any atom is 0.145 e. The molecule has 0 saturated carbocycles. The smallest absolute Gasteiger partial charge is 0.145 e. The van der Waals surface area contributed by atoms with Crippen LogP contribution < -0.4 is 10.2 Å². The lowest BCUT2D eigenvalue weighted by atomic mass is 9.84. The summed E-state index contributed by atoms with van der Waals surface area (Å²) in [5.41, 5.74) is 13.6. The Bertz CT molecular complexity index is 3780. The van der Waals surface area contributed by atoms with Gasteiger partial charge in [0.2, 0.25) is 0 Å². The molecule has 4 nitrogen and oxygen atoms in total. The van der Waals surface area contributed by atoms with Crippen LogP contribution in [0.3, 0.4) is 0 Å². The molecule has 0 bridgehead atoms.